The average molecular weight is 490 g/mol. The van der Waals surface area contributed by atoms with Crippen LogP contribution in [-0.4, -0.2) is 45.6 Å². The lowest BCUT2D eigenvalue weighted by Gasteiger charge is -2.25. The van der Waals surface area contributed by atoms with Crippen molar-refractivity contribution in [2.75, 3.05) is 23.8 Å². The van der Waals surface area contributed by atoms with E-state index in [1.54, 1.807) is 45.0 Å². The molecule has 0 spiro atoms. The highest BCUT2D eigenvalue weighted by Gasteiger charge is 2.30. The van der Waals surface area contributed by atoms with Gasteiger partial charge in [0.15, 0.2) is 17.6 Å². The number of benzene rings is 2. The molecule has 2 heterocycles. The molecule has 11 heteroatoms. The molecule has 2 aliphatic rings. The second-order valence-corrected chi connectivity index (χ2v) is 10.2. The summed E-state index contributed by atoms with van der Waals surface area (Å²) in [4.78, 5) is 24.9. The van der Waals surface area contributed by atoms with Crippen LogP contribution in [-0.2, 0) is 19.6 Å². The molecule has 0 unspecified atom stereocenters. The monoisotopic (exact) mass is 489 g/mol. The van der Waals surface area contributed by atoms with E-state index in [4.69, 9.17) is 14.2 Å². The van der Waals surface area contributed by atoms with Crippen molar-refractivity contribution in [3.05, 3.63) is 36.4 Å². The van der Waals surface area contributed by atoms with Gasteiger partial charge >= 0.3 is 0 Å². The molecule has 0 aromatic heterocycles. The number of sulfonamides is 1. The van der Waals surface area contributed by atoms with Crippen LogP contribution in [0.3, 0.4) is 0 Å². The fourth-order valence-electron chi connectivity index (χ4n) is 3.54. The van der Waals surface area contributed by atoms with Crippen LogP contribution in [0, 0.1) is 5.92 Å². The molecule has 2 amide bonds. The van der Waals surface area contributed by atoms with Crippen LogP contribution in [0.5, 0.6) is 17.2 Å². The summed E-state index contributed by atoms with van der Waals surface area (Å²) in [6.45, 7) is 6.03. The molecule has 10 nitrogen and oxygen atoms in total. The van der Waals surface area contributed by atoms with Gasteiger partial charge in [-0.1, -0.05) is 13.8 Å². The Morgan fingerprint density at radius 3 is 2.50 bits per heavy atom. The summed E-state index contributed by atoms with van der Waals surface area (Å²) in [5.41, 5.74) is 0.817. The van der Waals surface area contributed by atoms with Crippen LogP contribution in [0.25, 0.3) is 0 Å². The molecule has 0 radical (unpaired) electrons. The van der Waals surface area contributed by atoms with Crippen molar-refractivity contribution in [3.8, 4) is 17.2 Å². The van der Waals surface area contributed by atoms with Crippen LogP contribution in [0.4, 0.5) is 11.4 Å². The van der Waals surface area contributed by atoms with E-state index in [1.807, 2.05) is 0 Å². The number of carbonyl (C=O) groups is 2. The van der Waals surface area contributed by atoms with Gasteiger partial charge in [0.2, 0.25) is 15.9 Å². The average Bonchev–Trinajstić information content (AvgIpc) is 3.03. The van der Waals surface area contributed by atoms with Gasteiger partial charge in [0, 0.05) is 18.2 Å². The van der Waals surface area contributed by atoms with Crippen LogP contribution >= 0.6 is 0 Å². The zero-order valence-corrected chi connectivity index (χ0v) is 19.9. The molecule has 34 heavy (non-hydrogen) atoms. The molecule has 0 saturated carbocycles. The first-order chi connectivity index (χ1) is 16.1. The maximum absolute atomic E-state index is 13.1. The summed E-state index contributed by atoms with van der Waals surface area (Å²) < 4.78 is 45.3. The number of ether oxygens (including phenoxy) is 3. The highest BCUT2D eigenvalue weighted by atomic mass is 32.2. The number of carbonyl (C=O) groups excluding carboxylic acids is 2. The van der Waals surface area contributed by atoms with Crippen molar-refractivity contribution in [2.45, 2.75) is 44.2 Å². The van der Waals surface area contributed by atoms with Gasteiger partial charge in [-0.05, 0) is 43.2 Å². The second-order valence-electron chi connectivity index (χ2n) is 8.45. The SMILES string of the molecule is CC(C)[C@H](NS(=O)(=O)c1ccc2c(c1)OCCCO2)C(=O)Nc1ccc2c(c1)NC(=O)[C@H](C)O2. The summed E-state index contributed by atoms with van der Waals surface area (Å²) in [6, 6.07) is 8.12. The largest absolute Gasteiger partial charge is 0.490 e. The topological polar surface area (TPSA) is 132 Å². The zero-order chi connectivity index (χ0) is 24.5. The Kier molecular flexibility index (Phi) is 6.67. The highest BCUT2D eigenvalue weighted by Crippen LogP contribution is 2.33. The third kappa shape index (κ3) is 5.10. The number of amides is 2. The van der Waals surface area contributed by atoms with E-state index < -0.39 is 28.1 Å². The lowest BCUT2D eigenvalue weighted by Crippen LogP contribution is -2.47. The van der Waals surface area contributed by atoms with Gasteiger partial charge in [0.05, 0.1) is 23.8 Å². The number of anilines is 2. The smallest absolute Gasteiger partial charge is 0.265 e. The fourth-order valence-corrected chi connectivity index (χ4v) is 4.90. The quantitative estimate of drug-likeness (QED) is 0.568. The van der Waals surface area contributed by atoms with E-state index in [0.29, 0.717) is 48.3 Å². The summed E-state index contributed by atoms with van der Waals surface area (Å²) in [7, 11) is -4.04. The van der Waals surface area contributed by atoms with Gasteiger partial charge in [-0.25, -0.2) is 8.42 Å². The Bertz CT molecular complexity index is 1210. The number of hydrogen-bond donors (Lipinski definition) is 3. The van der Waals surface area contributed by atoms with Gasteiger partial charge in [-0.2, -0.15) is 4.72 Å². The molecule has 3 N–H and O–H groups in total. The van der Waals surface area contributed by atoms with E-state index in [1.165, 1.54) is 12.1 Å². The maximum Gasteiger partial charge on any atom is 0.265 e. The van der Waals surface area contributed by atoms with Crippen molar-refractivity contribution in [1.82, 2.24) is 4.72 Å². The molecule has 2 aromatic carbocycles. The maximum atomic E-state index is 13.1. The van der Waals surface area contributed by atoms with Crippen LogP contribution < -0.4 is 29.6 Å². The van der Waals surface area contributed by atoms with Crippen molar-refractivity contribution < 1.29 is 32.2 Å². The molecule has 0 fully saturated rings. The molecule has 2 aliphatic heterocycles. The molecule has 182 valence electrons. The number of hydrogen-bond acceptors (Lipinski definition) is 7. The van der Waals surface area contributed by atoms with E-state index in [2.05, 4.69) is 15.4 Å². The van der Waals surface area contributed by atoms with Crippen LogP contribution in [0.15, 0.2) is 41.3 Å². The molecule has 2 atom stereocenters. The van der Waals surface area contributed by atoms with Crippen molar-refractivity contribution in [3.63, 3.8) is 0 Å². The normalized spacial score (nSPS) is 18.2. The lowest BCUT2D eigenvalue weighted by molar-refractivity contribution is -0.122. The van der Waals surface area contributed by atoms with Gasteiger partial charge in [0.25, 0.3) is 5.91 Å². The number of rotatable bonds is 6. The third-order valence-electron chi connectivity index (χ3n) is 5.44. The Balaban J connectivity index is 1.51. The minimum atomic E-state index is -4.04. The Labute approximate surface area is 198 Å². The zero-order valence-electron chi connectivity index (χ0n) is 19.1. The molecular formula is C23H27N3O7S. The lowest BCUT2D eigenvalue weighted by atomic mass is 10.0. The predicted molar refractivity (Wildman–Crippen MR) is 125 cm³/mol. The Morgan fingerprint density at radius 2 is 1.76 bits per heavy atom. The minimum Gasteiger partial charge on any atom is -0.490 e. The Morgan fingerprint density at radius 1 is 1.06 bits per heavy atom. The minimum absolute atomic E-state index is 0.0297. The van der Waals surface area contributed by atoms with Crippen molar-refractivity contribution in [2.24, 2.45) is 5.92 Å². The summed E-state index contributed by atoms with van der Waals surface area (Å²) >= 11 is 0. The van der Waals surface area contributed by atoms with Crippen molar-refractivity contribution in [1.29, 1.82) is 0 Å². The first-order valence-electron chi connectivity index (χ1n) is 11.0. The first-order valence-corrected chi connectivity index (χ1v) is 12.5. The van der Waals surface area contributed by atoms with Crippen LogP contribution in [0.1, 0.15) is 27.2 Å². The fraction of sp³-hybridized carbons (Fsp3) is 0.391. The second kappa shape index (κ2) is 9.51. The first kappa shape index (κ1) is 23.8. The van der Waals surface area contributed by atoms with Gasteiger partial charge in [-0.3, -0.25) is 9.59 Å². The van der Waals surface area contributed by atoms with Gasteiger partial charge in [0.1, 0.15) is 11.8 Å². The standard InChI is InChI=1S/C23H27N3O7S/c1-13(2)21(23(28)24-15-5-7-18-17(11-15)25-22(27)14(3)33-18)26-34(29,30)16-6-8-19-20(12-16)32-10-4-9-31-19/h5-8,11-14,21,26H,4,9-10H2,1-3H3,(H,24,28)(H,25,27)/t14-,21-/m0/s1. The molecular weight excluding hydrogens is 462 g/mol. The van der Waals surface area contributed by atoms with E-state index in [9.17, 15) is 18.0 Å². The Hall–Kier alpha value is -3.31. The molecule has 2 aromatic rings. The van der Waals surface area contributed by atoms with E-state index in [0.717, 1.165) is 0 Å². The molecule has 0 bridgehead atoms. The molecule has 0 saturated heterocycles. The molecule has 4 rings (SSSR count). The van der Waals surface area contributed by atoms with Gasteiger partial charge in [-0.15, -0.1) is 0 Å². The third-order valence-corrected chi connectivity index (χ3v) is 6.88. The number of fused-ring (bicyclic) bond motifs is 2. The van der Waals surface area contributed by atoms with Gasteiger partial charge < -0.3 is 24.8 Å². The summed E-state index contributed by atoms with van der Waals surface area (Å²) in [5, 5.41) is 5.43. The van der Waals surface area contributed by atoms with E-state index in [-0.39, 0.29) is 16.7 Å². The van der Waals surface area contributed by atoms with E-state index >= 15 is 0 Å². The predicted octanol–water partition coefficient (Wildman–Crippen LogP) is 2.51. The summed E-state index contributed by atoms with van der Waals surface area (Å²) in [5.74, 6) is 0.131. The molecule has 0 aliphatic carbocycles. The van der Waals surface area contributed by atoms with Crippen molar-refractivity contribution >= 4 is 33.2 Å². The summed E-state index contributed by atoms with van der Waals surface area (Å²) in [6.07, 6.45) is 0.0832. The van der Waals surface area contributed by atoms with Crippen LogP contribution in [0.2, 0.25) is 0 Å². The number of nitrogens with one attached hydrogen (secondary N) is 3. The highest BCUT2D eigenvalue weighted by molar-refractivity contribution is 7.89.